The molecular weight excluding hydrogens is 342 g/mol. The molecule has 1 aliphatic carbocycles. The number of ketones is 2. The molecule has 0 radical (unpaired) electrons. The summed E-state index contributed by atoms with van der Waals surface area (Å²) in [6, 6.07) is 11.2. The molecule has 26 heavy (non-hydrogen) atoms. The highest BCUT2D eigenvalue weighted by Gasteiger charge is 2.32. The Hall–Kier alpha value is -2.20. The molecule has 3 rings (SSSR count). The Kier molecular flexibility index (Phi) is 6.04. The molecule has 0 fully saturated rings. The van der Waals surface area contributed by atoms with Crippen molar-refractivity contribution < 1.29 is 9.59 Å². The first-order valence-corrected chi connectivity index (χ1v) is 10.2. The van der Waals surface area contributed by atoms with E-state index in [1.165, 1.54) is 30.7 Å². The Morgan fingerprint density at radius 3 is 2.00 bits per heavy atom. The van der Waals surface area contributed by atoms with Gasteiger partial charge in [-0.1, -0.05) is 51.0 Å². The molecule has 0 saturated heterocycles. The third kappa shape index (κ3) is 3.80. The smallest absolute Gasteiger partial charge is 0.197 e. The second kappa shape index (κ2) is 8.45. The molecular formula is C22H25NO2S. The SMILES string of the molecule is CCCCN(CCCC)c1ccc(C=C2C(=O)c3ccccc3C2=O)s1. The second-order valence-electron chi connectivity index (χ2n) is 6.63. The number of carbonyl (C=O) groups is 2. The third-order valence-electron chi connectivity index (χ3n) is 4.68. The maximum atomic E-state index is 12.5. The van der Waals surface area contributed by atoms with E-state index in [0.29, 0.717) is 11.1 Å². The van der Waals surface area contributed by atoms with Crippen molar-refractivity contribution in [3.63, 3.8) is 0 Å². The van der Waals surface area contributed by atoms with Gasteiger partial charge in [0.05, 0.1) is 10.6 Å². The fourth-order valence-corrected chi connectivity index (χ4v) is 4.17. The van der Waals surface area contributed by atoms with Crippen LogP contribution < -0.4 is 4.90 Å². The summed E-state index contributed by atoms with van der Waals surface area (Å²) in [5.41, 5.74) is 1.33. The number of Topliss-reactive ketones (excluding diaryl/α,β-unsaturated/α-hetero) is 2. The molecule has 3 nitrogen and oxygen atoms in total. The lowest BCUT2D eigenvalue weighted by Crippen LogP contribution is -2.24. The number of hydrogen-bond donors (Lipinski definition) is 0. The number of fused-ring (bicyclic) bond motifs is 1. The summed E-state index contributed by atoms with van der Waals surface area (Å²) in [7, 11) is 0. The van der Waals surface area contributed by atoms with Gasteiger partial charge >= 0.3 is 0 Å². The largest absolute Gasteiger partial charge is 0.363 e. The van der Waals surface area contributed by atoms with Crippen LogP contribution in [-0.2, 0) is 0 Å². The van der Waals surface area contributed by atoms with Gasteiger partial charge in [-0.15, -0.1) is 11.3 Å². The zero-order valence-corrected chi connectivity index (χ0v) is 16.3. The van der Waals surface area contributed by atoms with Crippen molar-refractivity contribution in [2.45, 2.75) is 39.5 Å². The zero-order chi connectivity index (χ0) is 18.5. The van der Waals surface area contributed by atoms with E-state index >= 15 is 0 Å². The second-order valence-corrected chi connectivity index (χ2v) is 7.73. The van der Waals surface area contributed by atoms with E-state index in [1.54, 1.807) is 41.7 Å². The Morgan fingerprint density at radius 1 is 0.885 bits per heavy atom. The van der Waals surface area contributed by atoms with Crippen LogP contribution in [0, 0.1) is 0 Å². The third-order valence-corrected chi connectivity index (χ3v) is 5.77. The van der Waals surface area contributed by atoms with E-state index < -0.39 is 0 Å². The molecule has 1 heterocycles. The van der Waals surface area contributed by atoms with E-state index in [1.807, 2.05) is 6.07 Å². The summed E-state index contributed by atoms with van der Waals surface area (Å²) in [6.45, 7) is 6.52. The summed E-state index contributed by atoms with van der Waals surface area (Å²) in [4.78, 5) is 28.5. The van der Waals surface area contributed by atoms with Gasteiger partial charge in [0.25, 0.3) is 0 Å². The predicted molar refractivity (Wildman–Crippen MR) is 109 cm³/mol. The first-order chi connectivity index (χ1) is 12.7. The van der Waals surface area contributed by atoms with Crippen molar-refractivity contribution >= 4 is 34.0 Å². The van der Waals surface area contributed by atoms with Crippen LogP contribution in [0.5, 0.6) is 0 Å². The summed E-state index contributed by atoms with van der Waals surface area (Å²) in [5.74, 6) is -0.316. The highest BCUT2D eigenvalue weighted by molar-refractivity contribution is 7.17. The van der Waals surface area contributed by atoms with Crippen LogP contribution in [-0.4, -0.2) is 24.7 Å². The van der Waals surface area contributed by atoms with Crippen molar-refractivity contribution in [2.24, 2.45) is 0 Å². The minimum Gasteiger partial charge on any atom is -0.363 e. The van der Waals surface area contributed by atoms with E-state index in [-0.39, 0.29) is 17.1 Å². The first kappa shape index (κ1) is 18.6. The van der Waals surface area contributed by atoms with E-state index in [9.17, 15) is 9.59 Å². The van der Waals surface area contributed by atoms with Gasteiger partial charge in [-0.3, -0.25) is 9.59 Å². The molecule has 4 heteroatoms. The van der Waals surface area contributed by atoms with Crippen LogP contribution in [0.3, 0.4) is 0 Å². The number of nitrogens with zero attached hydrogens (tertiary/aromatic N) is 1. The summed E-state index contributed by atoms with van der Waals surface area (Å²) < 4.78 is 0. The Bertz CT molecular complexity index is 789. The van der Waals surface area contributed by atoms with Gasteiger partial charge in [-0.25, -0.2) is 0 Å². The highest BCUT2D eigenvalue weighted by Crippen LogP contribution is 2.32. The van der Waals surface area contributed by atoms with Crippen LogP contribution in [0.1, 0.15) is 65.1 Å². The van der Waals surface area contributed by atoms with Crippen molar-refractivity contribution in [1.82, 2.24) is 0 Å². The molecule has 0 atom stereocenters. The van der Waals surface area contributed by atoms with Gasteiger partial charge in [-0.2, -0.15) is 0 Å². The molecule has 0 N–H and O–H groups in total. The van der Waals surface area contributed by atoms with Gasteiger partial charge in [0, 0.05) is 29.1 Å². The molecule has 0 amide bonds. The molecule has 0 saturated carbocycles. The number of unbranched alkanes of at least 4 members (excludes halogenated alkanes) is 2. The van der Waals surface area contributed by atoms with Crippen molar-refractivity contribution in [3.8, 4) is 0 Å². The number of carbonyl (C=O) groups excluding carboxylic acids is 2. The van der Waals surface area contributed by atoms with Gasteiger partial charge < -0.3 is 4.90 Å². The summed E-state index contributed by atoms with van der Waals surface area (Å²) in [6.07, 6.45) is 6.45. The van der Waals surface area contributed by atoms with Crippen LogP contribution in [0.25, 0.3) is 6.08 Å². The normalized spacial score (nSPS) is 13.2. The maximum Gasteiger partial charge on any atom is 0.197 e. The monoisotopic (exact) mass is 367 g/mol. The fourth-order valence-electron chi connectivity index (χ4n) is 3.17. The summed E-state index contributed by atoms with van der Waals surface area (Å²) >= 11 is 1.66. The predicted octanol–water partition coefficient (Wildman–Crippen LogP) is 5.62. The van der Waals surface area contributed by atoms with Crippen LogP contribution in [0.15, 0.2) is 42.0 Å². The molecule has 1 aliphatic rings. The Labute approximate surface area is 159 Å². The van der Waals surface area contributed by atoms with Gasteiger partial charge in [-0.05, 0) is 31.1 Å². The average molecular weight is 368 g/mol. The molecule has 0 aliphatic heterocycles. The number of thiophene rings is 1. The Morgan fingerprint density at radius 2 is 1.46 bits per heavy atom. The fraction of sp³-hybridized carbons (Fsp3) is 0.364. The number of rotatable bonds is 8. The van der Waals surface area contributed by atoms with E-state index in [4.69, 9.17) is 0 Å². The highest BCUT2D eigenvalue weighted by atomic mass is 32.1. The molecule has 0 bridgehead atoms. The summed E-state index contributed by atoms with van der Waals surface area (Å²) in [5, 5.41) is 1.22. The lowest BCUT2D eigenvalue weighted by Gasteiger charge is -2.22. The lowest BCUT2D eigenvalue weighted by molar-refractivity contribution is 0.0990. The topological polar surface area (TPSA) is 37.4 Å². The van der Waals surface area contributed by atoms with Crippen LogP contribution >= 0.6 is 11.3 Å². The van der Waals surface area contributed by atoms with E-state index in [0.717, 1.165) is 18.0 Å². The van der Waals surface area contributed by atoms with Crippen molar-refractivity contribution in [1.29, 1.82) is 0 Å². The number of benzene rings is 1. The van der Waals surface area contributed by atoms with Gasteiger partial charge in [0.15, 0.2) is 11.6 Å². The first-order valence-electron chi connectivity index (χ1n) is 9.40. The molecule has 1 aromatic carbocycles. The molecule has 136 valence electrons. The van der Waals surface area contributed by atoms with Crippen molar-refractivity contribution in [3.05, 3.63) is 58.0 Å². The maximum absolute atomic E-state index is 12.5. The van der Waals surface area contributed by atoms with Crippen LogP contribution in [0.4, 0.5) is 5.00 Å². The zero-order valence-electron chi connectivity index (χ0n) is 15.5. The van der Waals surface area contributed by atoms with Gasteiger partial charge in [0.1, 0.15) is 0 Å². The minimum absolute atomic E-state index is 0.158. The molecule has 2 aromatic rings. The van der Waals surface area contributed by atoms with Crippen molar-refractivity contribution in [2.75, 3.05) is 18.0 Å². The number of allylic oxidation sites excluding steroid dienone is 1. The average Bonchev–Trinajstić information content (AvgIpc) is 3.22. The molecule has 1 aromatic heterocycles. The molecule has 0 unspecified atom stereocenters. The number of anilines is 1. The molecule has 0 spiro atoms. The quantitative estimate of drug-likeness (QED) is 0.449. The van der Waals surface area contributed by atoms with Gasteiger partial charge in [0.2, 0.25) is 0 Å². The van der Waals surface area contributed by atoms with E-state index in [2.05, 4.69) is 24.8 Å². The number of hydrogen-bond acceptors (Lipinski definition) is 4. The van der Waals surface area contributed by atoms with Crippen LogP contribution in [0.2, 0.25) is 0 Å². The minimum atomic E-state index is -0.158. The lowest BCUT2D eigenvalue weighted by atomic mass is 10.1. The Balaban J connectivity index is 1.82. The standard InChI is InChI=1S/C22H25NO2S/c1-3-5-13-23(14-6-4-2)20-12-11-16(26-20)15-19-21(24)17-9-7-8-10-18(17)22(19)25/h7-12,15H,3-6,13-14H2,1-2H3.